The van der Waals surface area contributed by atoms with Crippen LogP contribution in [-0.4, -0.2) is 48.1 Å². The van der Waals surface area contributed by atoms with Crippen molar-refractivity contribution in [2.75, 3.05) is 26.2 Å². The van der Waals surface area contributed by atoms with E-state index in [-0.39, 0.29) is 24.0 Å². The average Bonchev–Trinajstić information content (AvgIpc) is 3.55. The van der Waals surface area contributed by atoms with Crippen molar-refractivity contribution < 1.29 is 0 Å². The number of benzene rings is 1. The third kappa shape index (κ3) is 6.67. The molecular formula is C24H34IN5. The molecule has 0 amide bonds. The fourth-order valence-corrected chi connectivity index (χ4v) is 4.24. The van der Waals surface area contributed by atoms with Gasteiger partial charge in [-0.3, -0.25) is 14.9 Å². The van der Waals surface area contributed by atoms with Gasteiger partial charge < -0.3 is 10.6 Å². The molecule has 0 bridgehead atoms. The van der Waals surface area contributed by atoms with Gasteiger partial charge in [0, 0.05) is 45.0 Å². The molecule has 2 unspecified atom stereocenters. The number of guanidine groups is 1. The van der Waals surface area contributed by atoms with Crippen molar-refractivity contribution in [2.45, 2.75) is 44.7 Å². The minimum atomic E-state index is 0. The van der Waals surface area contributed by atoms with Gasteiger partial charge in [0.05, 0.1) is 5.69 Å². The first-order valence-corrected chi connectivity index (χ1v) is 11.0. The number of halogens is 1. The van der Waals surface area contributed by atoms with Gasteiger partial charge in [-0.15, -0.1) is 24.0 Å². The van der Waals surface area contributed by atoms with E-state index in [1.807, 2.05) is 12.3 Å². The van der Waals surface area contributed by atoms with E-state index in [4.69, 9.17) is 4.99 Å². The second kappa shape index (κ2) is 11.6. The predicted octanol–water partition coefficient (Wildman–Crippen LogP) is 4.02. The molecule has 0 spiro atoms. The maximum atomic E-state index is 4.90. The second-order valence-electron chi connectivity index (χ2n) is 8.25. The lowest BCUT2D eigenvalue weighted by Crippen LogP contribution is -2.48. The Morgan fingerprint density at radius 2 is 1.87 bits per heavy atom. The van der Waals surface area contributed by atoms with Gasteiger partial charge in [0.1, 0.15) is 0 Å². The number of rotatable bonds is 7. The monoisotopic (exact) mass is 519 g/mol. The zero-order valence-corrected chi connectivity index (χ0v) is 20.2. The van der Waals surface area contributed by atoms with E-state index in [2.05, 4.69) is 69.9 Å². The van der Waals surface area contributed by atoms with Crippen molar-refractivity contribution in [2.24, 2.45) is 10.9 Å². The molecule has 2 heterocycles. The minimum absolute atomic E-state index is 0. The van der Waals surface area contributed by atoms with E-state index in [1.54, 1.807) is 0 Å². The summed E-state index contributed by atoms with van der Waals surface area (Å²) in [6, 6.07) is 17.5. The number of aromatic nitrogens is 1. The molecule has 162 valence electrons. The summed E-state index contributed by atoms with van der Waals surface area (Å²) in [5.74, 6) is 2.36. The topological polar surface area (TPSA) is 52.6 Å². The molecule has 2 atom stereocenters. The molecule has 1 aliphatic carbocycles. The van der Waals surface area contributed by atoms with Crippen LogP contribution >= 0.6 is 24.0 Å². The first kappa shape index (κ1) is 23.0. The first-order valence-electron chi connectivity index (χ1n) is 11.0. The molecule has 1 aliphatic heterocycles. The number of likely N-dealkylation sites (tertiary alicyclic amines) is 1. The number of hydrogen-bond acceptors (Lipinski definition) is 3. The Balaban J connectivity index is 0.00000256. The average molecular weight is 519 g/mol. The van der Waals surface area contributed by atoms with Crippen LogP contribution < -0.4 is 10.6 Å². The Labute approximate surface area is 197 Å². The van der Waals surface area contributed by atoms with Crippen molar-refractivity contribution in [3.8, 4) is 0 Å². The van der Waals surface area contributed by atoms with Crippen LogP contribution in [0.15, 0.2) is 59.7 Å². The lowest BCUT2D eigenvalue weighted by Gasteiger charge is -2.32. The van der Waals surface area contributed by atoms with Gasteiger partial charge >= 0.3 is 0 Å². The molecule has 1 aromatic heterocycles. The van der Waals surface area contributed by atoms with E-state index in [9.17, 15) is 0 Å². The van der Waals surface area contributed by atoms with Gasteiger partial charge in [-0.2, -0.15) is 0 Å². The van der Waals surface area contributed by atoms with Crippen molar-refractivity contribution in [1.82, 2.24) is 20.5 Å². The van der Waals surface area contributed by atoms with Crippen LogP contribution in [0.5, 0.6) is 0 Å². The third-order valence-corrected chi connectivity index (χ3v) is 6.02. The standard InChI is InChI=1S/C24H33N5.HI/c1-2-25-24(27-17-20-16-23(20)19-8-4-3-5-9-19)28-21-11-14-29(15-12-21)18-22-10-6-7-13-26-22;/h3-10,13,20-21,23H,2,11-12,14-18H2,1H3,(H2,25,27,28);1H. The number of piperidine rings is 1. The van der Waals surface area contributed by atoms with Crippen LogP contribution in [0, 0.1) is 5.92 Å². The Morgan fingerprint density at radius 3 is 2.57 bits per heavy atom. The van der Waals surface area contributed by atoms with Crippen molar-refractivity contribution >= 4 is 29.9 Å². The van der Waals surface area contributed by atoms with Crippen molar-refractivity contribution in [3.05, 3.63) is 66.0 Å². The quantitative estimate of drug-likeness (QED) is 0.330. The normalized spacial score (nSPS) is 22.2. The van der Waals surface area contributed by atoms with E-state index in [0.29, 0.717) is 17.9 Å². The molecule has 2 aliphatic rings. The van der Waals surface area contributed by atoms with Crippen LogP contribution in [0.3, 0.4) is 0 Å². The number of nitrogens with one attached hydrogen (secondary N) is 2. The Bertz CT molecular complexity index is 775. The van der Waals surface area contributed by atoms with Crippen LogP contribution in [0.25, 0.3) is 0 Å². The summed E-state index contributed by atoms with van der Waals surface area (Å²) in [5.41, 5.74) is 2.62. The van der Waals surface area contributed by atoms with E-state index in [0.717, 1.165) is 57.2 Å². The second-order valence-corrected chi connectivity index (χ2v) is 8.25. The fourth-order valence-electron chi connectivity index (χ4n) is 4.24. The summed E-state index contributed by atoms with van der Waals surface area (Å²) in [6.45, 7) is 7.10. The van der Waals surface area contributed by atoms with E-state index in [1.165, 1.54) is 12.0 Å². The van der Waals surface area contributed by atoms with Crippen LogP contribution in [0.4, 0.5) is 0 Å². The lowest BCUT2D eigenvalue weighted by atomic mass is 10.0. The molecule has 4 rings (SSSR count). The van der Waals surface area contributed by atoms with Crippen molar-refractivity contribution in [1.29, 1.82) is 0 Å². The Morgan fingerprint density at radius 1 is 1.10 bits per heavy atom. The highest BCUT2D eigenvalue weighted by atomic mass is 127. The molecular weight excluding hydrogens is 485 g/mol. The predicted molar refractivity (Wildman–Crippen MR) is 134 cm³/mol. The van der Waals surface area contributed by atoms with Gasteiger partial charge in [-0.25, -0.2) is 0 Å². The highest BCUT2D eigenvalue weighted by Crippen LogP contribution is 2.47. The third-order valence-electron chi connectivity index (χ3n) is 6.02. The van der Waals surface area contributed by atoms with Gasteiger partial charge in [0.15, 0.2) is 5.96 Å². The maximum Gasteiger partial charge on any atom is 0.191 e. The summed E-state index contributed by atoms with van der Waals surface area (Å²) < 4.78 is 0. The molecule has 1 aromatic carbocycles. The van der Waals surface area contributed by atoms with Gasteiger partial charge in [0.25, 0.3) is 0 Å². The summed E-state index contributed by atoms with van der Waals surface area (Å²) >= 11 is 0. The number of nitrogens with zero attached hydrogens (tertiary/aromatic N) is 3. The molecule has 30 heavy (non-hydrogen) atoms. The molecule has 2 aromatic rings. The minimum Gasteiger partial charge on any atom is -0.357 e. The largest absolute Gasteiger partial charge is 0.357 e. The number of hydrogen-bond donors (Lipinski definition) is 2. The zero-order valence-electron chi connectivity index (χ0n) is 17.8. The van der Waals surface area contributed by atoms with Gasteiger partial charge in [-0.1, -0.05) is 36.4 Å². The zero-order chi connectivity index (χ0) is 19.9. The molecule has 1 saturated heterocycles. The highest BCUT2D eigenvalue weighted by molar-refractivity contribution is 14.0. The summed E-state index contributed by atoms with van der Waals surface area (Å²) in [7, 11) is 0. The number of pyridine rings is 1. The summed E-state index contributed by atoms with van der Waals surface area (Å²) in [5, 5.41) is 7.11. The smallest absolute Gasteiger partial charge is 0.191 e. The molecule has 2 N–H and O–H groups in total. The van der Waals surface area contributed by atoms with E-state index < -0.39 is 0 Å². The molecule has 0 radical (unpaired) electrons. The SMILES string of the molecule is CCNC(=NCC1CC1c1ccccc1)NC1CCN(Cc2ccccn2)CC1.I. The molecule has 2 fully saturated rings. The van der Waals surface area contributed by atoms with Crippen LogP contribution in [0.1, 0.15) is 43.4 Å². The Hall–Kier alpha value is -1.67. The fraction of sp³-hybridized carbons (Fsp3) is 0.500. The highest BCUT2D eigenvalue weighted by Gasteiger charge is 2.37. The lowest BCUT2D eigenvalue weighted by molar-refractivity contribution is 0.196. The van der Waals surface area contributed by atoms with E-state index >= 15 is 0 Å². The molecule has 5 nitrogen and oxygen atoms in total. The maximum absolute atomic E-state index is 4.90. The number of aliphatic imine (C=N–C) groups is 1. The van der Waals surface area contributed by atoms with Crippen LogP contribution in [-0.2, 0) is 6.54 Å². The Kier molecular flexibility index (Phi) is 8.93. The van der Waals surface area contributed by atoms with Gasteiger partial charge in [-0.05, 0) is 55.7 Å². The summed E-state index contributed by atoms with van der Waals surface area (Å²) in [6.07, 6.45) is 5.43. The molecule has 6 heteroatoms. The van der Waals surface area contributed by atoms with Crippen molar-refractivity contribution in [3.63, 3.8) is 0 Å². The summed E-state index contributed by atoms with van der Waals surface area (Å²) in [4.78, 5) is 11.9. The van der Waals surface area contributed by atoms with Crippen LogP contribution in [0.2, 0.25) is 0 Å². The van der Waals surface area contributed by atoms with Gasteiger partial charge in [0.2, 0.25) is 0 Å². The molecule has 1 saturated carbocycles. The first-order chi connectivity index (χ1) is 14.3.